The Hall–Kier alpha value is -3.40. The van der Waals surface area contributed by atoms with Gasteiger partial charge in [-0.05, 0) is 65.1 Å². The van der Waals surface area contributed by atoms with Crippen molar-refractivity contribution in [3.63, 3.8) is 0 Å². The van der Waals surface area contributed by atoms with Gasteiger partial charge in [-0.1, -0.05) is 66.2 Å². The second-order valence-electron chi connectivity index (χ2n) is 8.27. The van der Waals surface area contributed by atoms with E-state index in [0.717, 1.165) is 29.5 Å². The summed E-state index contributed by atoms with van der Waals surface area (Å²) < 4.78 is 0. The summed E-state index contributed by atoms with van der Waals surface area (Å²) in [6.07, 6.45) is 2.72. The summed E-state index contributed by atoms with van der Waals surface area (Å²) in [7, 11) is 0. The van der Waals surface area contributed by atoms with Gasteiger partial charge in [-0.3, -0.25) is 9.59 Å². The zero-order valence-corrected chi connectivity index (χ0v) is 17.8. The van der Waals surface area contributed by atoms with Crippen molar-refractivity contribution in [2.75, 3.05) is 6.54 Å². The highest BCUT2D eigenvalue weighted by Gasteiger charge is 2.22. The number of carbonyl (C=O) groups is 2. The molecule has 31 heavy (non-hydrogen) atoms. The Morgan fingerprint density at radius 2 is 1.65 bits per heavy atom. The van der Waals surface area contributed by atoms with Gasteiger partial charge in [-0.25, -0.2) is 0 Å². The first-order valence-electron chi connectivity index (χ1n) is 10.8. The van der Waals surface area contributed by atoms with Crippen molar-refractivity contribution in [3.05, 3.63) is 94.0 Å². The van der Waals surface area contributed by atoms with Gasteiger partial charge in [0.05, 0.1) is 6.42 Å². The first-order valence-corrected chi connectivity index (χ1v) is 10.8. The molecule has 0 heterocycles. The lowest BCUT2D eigenvalue weighted by Crippen LogP contribution is -2.27. The molecule has 0 fully saturated rings. The summed E-state index contributed by atoms with van der Waals surface area (Å²) in [4.78, 5) is 23.3. The van der Waals surface area contributed by atoms with Gasteiger partial charge in [0, 0.05) is 13.0 Å². The van der Waals surface area contributed by atoms with Gasteiger partial charge < -0.3 is 10.4 Å². The summed E-state index contributed by atoms with van der Waals surface area (Å²) in [5, 5.41) is 11.8. The number of aliphatic carboxylic acids is 1. The zero-order valence-electron chi connectivity index (χ0n) is 17.8. The average molecular weight is 414 g/mol. The van der Waals surface area contributed by atoms with Crippen molar-refractivity contribution in [2.24, 2.45) is 0 Å². The van der Waals surface area contributed by atoms with Crippen LogP contribution in [-0.2, 0) is 35.3 Å². The van der Waals surface area contributed by atoms with Crippen molar-refractivity contribution in [3.8, 4) is 11.1 Å². The van der Waals surface area contributed by atoms with Crippen LogP contribution in [0.2, 0.25) is 0 Å². The topological polar surface area (TPSA) is 66.4 Å². The quantitative estimate of drug-likeness (QED) is 0.447. The third-order valence-electron chi connectivity index (χ3n) is 5.90. The molecule has 4 heteroatoms. The largest absolute Gasteiger partial charge is 0.481 e. The second kappa shape index (κ2) is 9.17. The van der Waals surface area contributed by atoms with Crippen molar-refractivity contribution >= 4 is 11.9 Å². The highest BCUT2D eigenvalue weighted by molar-refractivity contribution is 5.83. The number of aryl methyl sites for hydroxylation is 2. The number of carboxylic acids is 1. The first kappa shape index (κ1) is 20.9. The van der Waals surface area contributed by atoms with Crippen LogP contribution in [0.5, 0.6) is 0 Å². The van der Waals surface area contributed by atoms with E-state index in [4.69, 9.17) is 5.11 Å². The SMILES string of the molecule is Cc1cc(CC(=O)NCCc2ccc(CCC(=O)O)cc2)c2c(c1)-c1ccccc1C2. The Morgan fingerprint density at radius 1 is 0.935 bits per heavy atom. The fourth-order valence-corrected chi connectivity index (χ4v) is 4.33. The summed E-state index contributed by atoms with van der Waals surface area (Å²) in [5.74, 6) is -0.739. The molecule has 4 rings (SSSR count). The predicted octanol–water partition coefficient (Wildman–Crippen LogP) is 4.48. The molecule has 1 aliphatic carbocycles. The van der Waals surface area contributed by atoms with Crippen LogP contribution in [0.4, 0.5) is 0 Å². The smallest absolute Gasteiger partial charge is 0.303 e. The van der Waals surface area contributed by atoms with Gasteiger partial charge in [-0.2, -0.15) is 0 Å². The average Bonchev–Trinajstić information content (AvgIpc) is 3.12. The molecule has 0 atom stereocenters. The monoisotopic (exact) mass is 413 g/mol. The van der Waals surface area contributed by atoms with E-state index in [-0.39, 0.29) is 12.3 Å². The highest BCUT2D eigenvalue weighted by Crippen LogP contribution is 2.39. The normalized spacial score (nSPS) is 11.6. The van der Waals surface area contributed by atoms with Gasteiger partial charge >= 0.3 is 5.97 Å². The Morgan fingerprint density at radius 3 is 2.39 bits per heavy atom. The number of fused-ring (bicyclic) bond motifs is 3. The van der Waals surface area contributed by atoms with Crippen molar-refractivity contribution in [1.82, 2.24) is 5.32 Å². The predicted molar refractivity (Wildman–Crippen MR) is 122 cm³/mol. The van der Waals surface area contributed by atoms with Crippen LogP contribution in [0, 0.1) is 6.92 Å². The van der Waals surface area contributed by atoms with Gasteiger partial charge in [0.2, 0.25) is 5.91 Å². The van der Waals surface area contributed by atoms with Gasteiger partial charge in [-0.15, -0.1) is 0 Å². The number of amides is 1. The Bertz CT molecular complexity index is 1120. The van der Waals surface area contributed by atoms with E-state index in [2.05, 4.69) is 48.6 Å². The maximum atomic E-state index is 12.6. The molecule has 3 aromatic carbocycles. The molecule has 0 bridgehead atoms. The van der Waals surface area contributed by atoms with Crippen LogP contribution in [0.25, 0.3) is 11.1 Å². The summed E-state index contributed by atoms with van der Waals surface area (Å²) in [6.45, 7) is 2.67. The van der Waals surface area contributed by atoms with Crippen LogP contribution < -0.4 is 5.32 Å². The van der Waals surface area contributed by atoms with E-state index < -0.39 is 5.97 Å². The molecule has 3 aromatic rings. The molecule has 1 aliphatic rings. The van der Waals surface area contributed by atoms with Crippen LogP contribution in [0.15, 0.2) is 60.7 Å². The van der Waals surface area contributed by atoms with Crippen molar-refractivity contribution < 1.29 is 14.7 Å². The highest BCUT2D eigenvalue weighted by atomic mass is 16.4. The van der Waals surface area contributed by atoms with Crippen LogP contribution in [-0.4, -0.2) is 23.5 Å². The molecule has 0 unspecified atom stereocenters. The van der Waals surface area contributed by atoms with Gasteiger partial charge in [0.1, 0.15) is 0 Å². The molecule has 0 saturated heterocycles. The number of hydrogen-bond donors (Lipinski definition) is 2. The molecular formula is C27H27NO3. The lowest BCUT2D eigenvalue weighted by atomic mass is 9.96. The molecule has 4 nitrogen and oxygen atoms in total. The lowest BCUT2D eigenvalue weighted by molar-refractivity contribution is -0.137. The Labute approximate surface area is 182 Å². The zero-order chi connectivity index (χ0) is 21.8. The van der Waals surface area contributed by atoms with E-state index in [1.54, 1.807) is 0 Å². The maximum Gasteiger partial charge on any atom is 0.303 e. The fourth-order valence-electron chi connectivity index (χ4n) is 4.33. The lowest BCUT2D eigenvalue weighted by Gasteiger charge is -2.11. The molecular weight excluding hydrogens is 386 g/mol. The minimum Gasteiger partial charge on any atom is -0.481 e. The number of benzene rings is 3. The Kier molecular flexibility index (Phi) is 6.17. The number of carboxylic acid groups (broad SMARTS) is 1. The number of rotatable bonds is 8. The molecule has 0 aliphatic heterocycles. The third-order valence-corrected chi connectivity index (χ3v) is 5.90. The van der Waals surface area contributed by atoms with Crippen molar-refractivity contribution in [2.45, 2.75) is 39.0 Å². The van der Waals surface area contributed by atoms with E-state index in [1.807, 2.05) is 24.3 Å². The van der Waals surface area contributed by atoms with Crippen LogP contribution in [0.3, 0.4) is 0 Å². The van der Waals surface area contributed by atoms with Gasteiger partial charge in [0.15, 0.2) is 0 Å². The number of nitrogens with one attached hydrogen (secondary N) is 1. The van der Waals surface area contributed by atoms with Crippen LogP contribution in [0.1, 0.15) is 39.8 Å². The van der Waals surface area contributed by atoms with Gasteiger partial charge in [0.25, 0.3) is 0 Å². The van der Waals surface area contributed by atoms with E-state index in [0.29, 0.717) is 19.4 Å². The third kappa shape index (κ3) is 5.02. The molecule has 0 aromatic heterocycles. The van der Waals surface area contributed by atoms with Crippen LogP contribution >= 0.6 is 0 Å². The van der Waals surface area contributed by atoms with E-state index in [1.165, 1.54) is 27.8 Å². The first-order chi connectivity index (χ1) is 15.0. The minimum absolute atomic E-state index is 0.0434. The minimum atomic E-state index is -0.782. The molecule has 2 N–H and O–H groups in total. The fraction of sp³-hybridized carbons (Fsp3) is 0.259. The molecule has 1 amide bonds. The van der Waals surface area contributed by atoms with Crippen molar-refractivity contribution in [1.29, 1.82) is 0 Å². The number of carbonyl (C=O) groups excluding carboxylic acids is 1. The summed E-state index contributed by atoms with van der Waals surface area (Å²) in [5.41, 5.74) is 9.61. The molecule has 0 spiro atoms. The standard InChI is InChI=1S/C27H27NO3/c1-18-14-22(24-16-21-4-2-3-5-23(21)25(24)15-18)17-26(29)28-13-12-20-8-6-19(7-9-20)10-11-27(30)31/h2-9,14-15H,10-13,16-17H2,1H3,(H,28,29)(H,30,31). The maximum absolute atomic E-state index is 12.6. The Balaban J connectivity index is 1.33. The molecule has 158 valence electrons. The molecule has 0 saturated carbocycles. The van der Waals surface area contributed by atoms with E-state index >= 15 is 0 Å². The van der Waals surface area contributed by atoms with E-state index in [9.17, 15) is 9.59 Å². The molecule has 0 radical (unpaired) electrons. The second-order valence-corrected chi connectivity index (χ2v) is 8.27. The number of hydrogen-bond acceptors (Lipinski definition) is 2. The summed E-state index contributed by atoms with van der Waals surface area (Å²) >= 11 is 0. The summed E-state index contributed by atoms with van der Waals surface area (Å²) in [6, 6.07) is 20.8.